The molecule has 16 rings (SSSR count). The normalized spacial score (nSPS) is 15.2. The Kier molecular flexibility index (Phi) is 8.62. The highest BCUT2D eigenvalue weighted by Gasteiger charge is 2.55. The van der Waals surface area contributed by atoms with Gasteiger partial charge in [-0.3, -0.25) is 0 Å². The van der Waals surface area contributed by atoms with Crippen LogP contribution in [0.4, 0.5) is 34.1 Å². The maximum absolute atomic E-state index is 2.54. The first-order valence-corrected chi connectivity index (χ1v) is 25.8. The minimum Gasteiger partial charge on any atom is -0.310 e. The van der Waals surface area contributed by atoms with Crippen LogP contribution in [0, 0.1) is 0 Å². The molecule has 0 amide bonds. The van der Waals surface area contributed by atoms with Crippen LogP contribution < -0.4 is 9.80 Å². The van der Waals surface area contributed by atoms with E-state index in [1.54, 1.807) is 0 Å². The smallest absolute Gasteiger partial charge is 0.0747 e. The summed E-state index contributed by atoms with van der Waals surface area (Å²) in [5.74, 6) is 0. The molecule has 344 valence electrons. The summed E-state index contributed by atoms with van der Waals surface area (Å²) in [4.78, 5) is 5.00. The summed E-state index contributed by atoms with van der Waals surface area (Å²) in [6, 6.07) is 105. The van der Waals surface area contributed by atoms with Crippen LogP contribution in [0.15, 0.2) is 279 Å². The average molecular weight is 939 g/mol. The van der Waals surface area contributed by atoms with Crippen LogP contribution in [-0.2, 0) is 10.8 Å². The second kappa shape index (κ2) is 15.5. The summed E-state index contributed by atoms with van der Waals surface area (Å²) in [6.45, 7) is 0. The molecule has 12 aromatic rings. The van der Waals surface area contributed by atoms with Crippen molar-refractivity contribution >= 4 is 44.9 Å². The molecule has 74 heavy (non-hydrogen) atoms. The number of fused-ring (bicyclic) bond motifs is 22. The summed E-state index contributed by atoms with van der Waals surface area (Å²) in [5.41, 5.74) is 26.4. The molecule has 4 aliphatic carbocycles. The van der Waals surface area contributed by atoms with Crippen molar-refractivity contribution in [3.05, 3.63) is 324 Å². The third kappa shape index (κ3) is 5.33. The van der Waals surface area contributed by atoms with Crippen molar-refractivity contribution in [2.45, 2.75) is 10.8 Å². The molecule has 0 bridgehead atoms. The van der Waals surface area contributed by atoms with Gasteiger partial charge in [-0.25, -0.2) is 0 Å². The fourth-order valence-electron chi connectivity index (χ4n) is 14.1. The predicted molar refractivity (Wildman–Crippen MR) is 306 cm³/mol. The lowest BCUT2D eigenvalue weighted by Crippen LogP contribution is -2.28. The van der Waals surface area contributed by atoms with Gasteiger partial charge in [0.25, 0.3) is 0 Å². The van der Waals surface area contributed by atoms with Gasteiger partial charge in [-0.05, 0) is 161 Å². The molecule has 0 N–H and O–H groups in total. The van der Waals surface area contributed by atoms with Crippen LogP contribution in [0.1, 0.15) is 44.5 Å². The van der Waals surface area contributed by atoms with Gasteiger partial charge in [0, 0.05) is 34.0 Å². The summed E-state index contributed by atoms with van der Waals surface area (Å²) in [5, 5.41) is 2.47. The third-order valence-electron chi connectivity index (χ3n) is 16.8. The van der Waals surface area contributed by atoms with E-state index < -0.39 is 10.8 Å². The lowest BCUT2D eigenvalue weighted by molar-refractivity contribution is 0.792. The fourth-order valence-corrected chi connectivity index (χ4v) is 14.1. The van der Waals surface area contributed by atoms with Crippen LogP contribution in [0.2, 0.25) is 0 Å². The second-order valence-corrected chi connectivity index (χ2v) is 20.2. The number of nitrogens with zero attached hydrogens (tertiary/aromatic N) is 2. The van der Waals surface area contributed by atoms with Gasteiger partial charge >= 0.3 is 0 Å². The zero-order valence-electron chi connectivity index (χ0n) is 40.5. The molecule has 0 radical (unpaired) electrons. The van der Waals surface area contributed by atoms with Gasteiger partial charge in [-0.2, -0.15) is 0 Å². The molecule has 0 fully saturated rings. The number of para-hydroxylation sites is 3. The lowest BCUT2D eigenvalue weighted by Gasteiger charge is -2.37. The van der Waals surface area contributed by atoms with Crippen molar-refractivity contribution < 1.29 is 0 Å². The third-order valence-corrected chi connectivity index (χ3v) is 16.8. The molecule has 2 nitrogen and oxygen atoms in total. The van der Waals surface area contributed by atoms with Crippen molar-refractivity contribution in [1.29, 1.82) is 0 Å². The van der Waals surface area contributed by atoms with Crippen molar-refractivity contribution in [1.82, 2.24) is 0 Å². The predicted octanol–water partition coefficient (Wildman–Crippen LogP) is 18.5. The van der Waals surface area contributed by atoms with Crippen LogP contribution in [-0.4, -0.2) is 0 Å². The van der Waals surface area contributed by atoms with Crippen molar-refractivity contribution in [2.24, 2.45) is 0 Å². The van der Waals surface area contributed by atoms with E-state index in [1.807, 2.05) is 0 Å². The van der Waals surface area contributed by atoms with Crippen LogP contribution in [0.3, 0.4) is 0 Å². The molecule has 0 saturated carbocycles. The largest absolute Gasteiger partial charge is 0.310 e. The first kappa shape index (κ1) is 41.2. The van der Waals surface area contributed by atoms with Crippen LogP contribution in [0.5, 0.6) is 0 Å². The van der Waals surface area contributed by atoms with Crippen molar-refractivity contribution in [3.8, 4) is 44.5 Å². The first-order chi connectivity index (χ1) is 36.7. The minimum atomic E-state index is -0.682. The molecule has 2 spiro atoms. The highest BCUT2D eigenvalue weighted by Crippen LogP contribution is 2.68. The first-order valence-electron chi connectivity index (χ1n) is 25.8. The Labute approximate surface area is 431 Å². The van der Waals surface area contributed by atoms with E-state index in [1.165, 1.54) is 105 Å². The van der Waals surface area contributed by atoms with Gasteiger partial charge < -0.3 is 9.80 Å². The molecule has 1 atom stereocenters. The molecule has 1 unspecified atom stereocenters. The van der Waals surface area contributed by atoms with E-state index in [0.717, 1.165) is 28.4 Å². The van der Waals surface area contributed by atoms with Gasteiger partial charge in [0.05, 0.1) is 16.5 Å². The number of hydrogen-bond acceptors (Lipinski definition) is 2. The Bertz CT molecular complexity index is 4170. The molecule has 0 heterocycles. The quantitative estimate of drug-likeness (QED) is 0.164. The maximum Gasteiger partial charge on any atom is 0.0747 e. The zero-order valence-corrected chi connectivity index (χ0v) is 40.5. The van der Waals surface area contributed by atoms with Crippen LogP contribution in [0.25, 0.3) is 55.3 Å². The molecule has 0 aromatic heterocycles. The van der Waals surface area contributed by atoms with E-state index in [4.69, 9.17) is 0 Å². The second-order valence-electron chi connectivity index (χ2n) is 20.2. The lowest BCUT2D eigenvalue weighted by atomic mass is 9.69. The topological polar surface area (TPSA) is 6.48 Å². The number of benzene rings is 12. The maximum atomic E-state index is 2.54. The SMILES string of the molecule is c1ccc(N(c2ccc3c(c2)C2(c4ccccc4-c4ccccc42)c2ccccc2-3)c2ccc3c(c2)C2(c4ccccc4-3)c3ccccc3-c3c2c(N(c2ccccc2)c2ccccc2)cc2ccccc32)cc1. The van der Waals surface area contributed by atoms with Crippen molar-refractivity contribution in [2.75, 3.05) is 9.80 Å². The number of anilines is 6. The summed E-state index contributed by atoms with van der Waals surface area (Å²) >= 11 is 0. The Hall–Kier alpha value is -9.50. The Morgan fingerprint density at radius 3 is 1.07 bits per heavy atom. The molecular weight excluding hydrogens is 893 g/mol. The van der Waals surface area contributed by atoms with E-state index in [-0.39, 0.29) is 0 Å². The molecule has 12 aromatic carbocycles. The standard InChI is InChI=1S/C72H46N2/c1-4-23-48(24-5-1)73(51-40-42-58-56-32-14-19-37-63(56)71(66(58)45-51)61-35-17-12-30-54(61)55-31-13-18-36-62(55)71)52-41-43-59-57-33-15-20-38-64(57)72(67(59)46-52)65-39-21-16-34-60(65)69-53-29-11-10-22-47(53)44-68(70(69)72)74(49-25-6-2-7-26-49)50-27-8-3-9-28-50/h1-46H. The van der Waals surface area contributed by atoms with Crippen molar-refractivity contribution in [3.63, 3.8) is 0 Å². The van der Waals surface area contributed by atoms with Gasteiger partial charge in [-0.15, -0.1) is 0 Å². The average Bonchev–Trinajstić information content (AvgIpc) is 4.19. The highest BCUT2D eigenvalue weighted by molar-refractivity contribution is 6.11. The number of hydrogen-bond donors (Lipinski definition) is 0. The Morgan fingerprint density at radius 2 is 0.581 bits per heavy atom. The van der Waals surface area contributed by atoms with Gasteiger partial charge in [0.2, 0.25) is 0 Å². The Morgan fingerprint density at radius 1 is 0.230 bits per heavy atom. The monoisotopic (exact) mass is 938 g/mol. The molecule has 2 heteroatoms. The van der Waals surface area contributed by atoms with Gasteiger partial charge in [0.15, 0.2) is 0 Å². The fraction of sp³-hybridized carbons (Fsp3) is 0.0278. The van der Waals surface area contributed by atoms with E-state index >= 15 is 0 Å². The molecule has 0 aliphatic heterocycles. The van der Waals surface area contributed by atoms with Crippen LogP contribution >= 0.6 is 0 Å². The van der Waals surface area contributed by atoms with E-state index in [9.17, 15) is 0 Å². The molecule has 0 saturated heterocycles. The van der Waals surface area contributed by atoms with E-state index in [2.05, 4.69) is 289 Å². The van der Waals surface area contributed by atoms with Gasteiger partial charge in [0.1, 0.15) is 0 Å². The van der Waals surface area contributed by atoms with E-state index in [0.29, 0.717) is 0 Å². The van der Waals surface area contributed by atoms with Gasteiger partial charge in [-0.1, -0.05) is 212 Å². The molecular formula is C72H46N2. The minimum absolute atomic E-state index is 0.471. The summed E-state index contributed by atoms with van der Waals surface area (Å²) in [7, 11) is 0. The highest BCUT2D eigenvalue weighted by atomic mass is 15.2. The number of rotatable bonds is 6. The Balaban J connectivity index is 0.988. The summed E-state index contributed by atoms with van der Waals surface area (Å²) in [6.07, 6.45) is 0. The zero-order chi connectivity index (χ0) is 48.5. The summed E-state index contributed by atoms with van der Waals surface area (Å²) < 4.78 is 0. The molecule has 4 aliphatic rings.